The number of hydrogen-bond acceptors (Lipinski definition) is 7. The number of nitrogens with zero attached hydrogens (tertiary/aromatic N) is 1. The standard InChI is InChI=1S/C34H35N5O5.ClH/c1-20(35-3)33(42)38-27-19-39(28-12-8-7-11-26(28)37-34(27)43)31(32(41)23-13-16-24(17-14-23)36-21(2)40)30-25-10-6-5-9-22(25)15-18-29(30)44-4;/h5-18,20,27,31,35H,19H2,1-4H3,(H,36,40)(H,37,43)(H,38,42);1H/t20-,27-,31?;/m0./s1. The van der Waals surface area contributed by atoms with Crippen LogP contribution in [0.5, 0.6) is 5.75 Å². The Morgan fingerprint density at radius 3 is 2.33 bits per heavy atom. The summed E-state index contributed by atoms with van der Waals surface area (Å²) in [7, 11) is 3.22. The first-order valence-electron chi connectivity index (χ1n) is 14.3. The first-order valence-corrected chi connectivity index (χ1v) is 14.3. The van der Waals surface area contributed by atoms with Crippen LogP contribution in [0, 0.1) is 0 Å². The monoisotopic (exact) mass is 629 g/mol. The maximum absolute atomic E-state index is 14.8. The number of hydrogen-bond donors (Lipinski definition) is 4. The van der Waals surface area contributed by atoms with Gasteiger partial charge < -0.3 is 30.9 Å². The quantitative estimate of drug-likeness (QED) is 0.198. The Hall–Kier alpha value is -4.93. The van der Waals surface area contributed by atoms with Crippen LogP contribution in [0.25, 0.3) is 10.8 Å². The second kappa shape index (κ2) is 14.2. The molecule has 1 unspecified atom stereocenters. The summed E-state index contributed by atoms with van der Waals surface area (Å²) in [5, 5.41) is 13.2. The number of nitrogens with one attached hydrogen (secondary N) is 4. The van der Waals surface area contributed by atoms with Crippen LogP contribution in [-0.4, -0.2) is 56.3 Å². The summed E-state index contributed by atoms with van der Waals surface area (Å²) < 4.78 is 5.86. The number of rotatable bonds is 9. The van der Waals surface area contributed by atoms with E-state index in [9.17, 15) is 19.2 Å². The van der Waals surface area contributed by atoms with E-state index >= 15 is 0 Å². The van der Waals surface area contributed by atoms with Gasteiger partial charge in [0.05, 0.1) is 24.5 Å². The predicted molar refractivity (Wildman–Crippen MR) is 178 cm³/mol. The molecule has 4 N–H and O–H groups in total. The molecule has 234 valence electrons. The maximum Gasteiger partial charge on any atom is 0.248 e. The molecule has 4 aromatic rings. The lowest BCUT2D eigenvalue weighted by atomic mass is 9.90. The van der Waals surface area contributed by atoms with Crippen molar-refractivity contribution in [1.82, 2.24) is 10.6 Å². The lowest BCUT2D eigenvalue weighted by molar-refractivity contribution is -0.127. The number of Topliss-reactive ketones (excluding diaryl/α,β-unsaturated/α-hetero) is 1. The molecular formula is C34H36ClN5O5. The molecule has 3 amide bonds. The highest BCUT2D eigenvalue weighted by atomic mass is 35.5. The minimum Gasteiger partial charge on any atom is -0.496 e. The zero-order chi connectivity index (χ0) is 31.4. The molecule has 0 radical (unpaired) electrons. The summed E-state index contributed by atoms with van der Waals surface area (Å²) in [5.74, 6) is -0.722. The minimum absolute atomic E-state index is 0. The molecule has 0 fully saturated rings. The van der Waals surface area contributed by atoms with Crippen molar-refractivity contribution in [3.05, 3.63) is 96.1 Å². The molecule has 11 heteroatoms. The fraction of sp³-hybridized carbons (Fsp3) is 0.235. The second-order valence-corrected chi connectivity index (χ2v) is 10.7. The van der Waals surface area contributed by atoms with E-state index in [4.69, 9.17) is 4.74 Å². The number of likely N-dealkylation sites (N-methyl/N-ethyl adjacent to an activating group) is 1. The highest BCUT2D eigenvalue weighted by Crippen LogP contribution is 2.42. The Balaban J connectivity index is 0.00000461. The van der Waals surface area contributed by atoms with E-state index in [0.717, 1.165) is 10.8 Å². The number of carbonyl (C=O) groups excluding carboxylic acids is 4. The fourth-order valence-electron chi connectivity index (χ4n) is 5.45. The smallest absolute Gasteiger partial charge is 0.248 e. The van der Waals surface area contributed by atoms with Crippen molar-refractivity contribution in [3.8, 4) is 5.75 Å². The van der Waals surface area contributed by atoms with Gasteiger partial charge in [-0.2, -0.15) is 0 Å². The molecule has 0 aromatic heterocycles. The van der Waals surface area contributed by atoms with Crippen LogP contribution in [0.4, 0.5) is 17.1 Å². The Labute approximate surface area is 267 Å². The third kappa shape index (κ3) is 6.92. The first-order chi connectivity index (χ1) is 21.2. The number of para-hydroxylation sites is 2. The van der Waals surface area contributed by atoms with Crippen molar-refractivity contribution in [1.29, 1.82) is 0 Å². The zero-order valence-electron chi connectivity index (χ0n) is 25.4. The highest BCUT2D eigenvalue weighted by molar-refractivity contribution is 6.08. The number of ether oxygens (including phenoxy) is 1. The van der Waals surface area contributed by atoms with Gasteiger partial charge >= 0.3 is 0 Å². The van der Waals surface area contributed by atoms with Gasteiger partial charge in [-0.05, 0) is 67.2 Å². The average Bonchev–Trinajstić information content (AvgIpc) is 3.16. The molecule has 1 aliphatic rings. The van der Waals surface area contributed by atoms with Gasteiger partial charge in [0, 0.05) is 30.3 Å². The van der Waals surface area contributed by atoms with Gasteiger partial charge in [-0.3, -0.25) is 19.2 Å². The molecule has 1 heterocycles. The highest BCUT2D eigenvalue weighted by Gasteiger charge is 2.39. The SMILES string of the molecule is CN[C@@H](C)C(=O)N[C@H]1CN(C(C(=O)c2ccc(NC(C)=O)cc2)c2c(OC)ccc3ccccc23)c2ccccc2NC1=O.Cl. The van der Waals surface area contributed by atoms with E-state index in [1.54, 1.807) is 57.5 Å². The number of carbonyl (C=O) groups is 4. The third-order valence-corrected chi connectivity index (χ3v) is 7.78. The van der Waals surface area contributed by atoms with Gasteiger partial charge in [-0.15, -0.1) is 12.4 Å². The molecule has 3 atom stereocenters. The zero-order valence-corrected chi connectivity index (χ0v) is 26.2. The molecule has 0 bridgehead atoms. The summed E-state index contributed by atoms with van der Waals surface area (Å²) in [6.07, 6.45) is 0. The lowest BCUT2D eigenvalue weighted by Gasteiger charge is -2.35. The van der Waals surface area contributed by atoms with Gasteiger partial charge in [0.15, 0.2) is 5.78 Å². The summed E-state index contributed by atoms with van der Waals surface area (Å²) in [4.78, 5) is 54.7. The normalized spacial score (nSPS) is 15.4. The molecule has 10 nitrogen and oxygen atoms in total. The van der Waals surface area contributed by atoms with Gasteiger partial charge in [0.2, 0.25) is 17.7 Å². The number of anilines is 3. The van der Waals surface area contributed by atoms with E-state index in [2.05, 4.69) is 21.3 Å². The van der Waals surface area contributed by atoms with E-state index in [0.29, 0.717) is 33.9 Å². The van der Waals surface area contributed by atoms with Crippen LogP contribution in [0.1, 0.15) is 35.8 Å². The molecule has 0 saturated heterocycles. The third-order valence-electron chi connectivity index (χ3n) is 7.78. The first kappa shape index (κ1) is 33.0. The van der Waals surface area contributed by atoms with Gasteiger partial charge in [0.25, 0.3) is 0 Å². The minimum atomic E-state index is -0.982. The number of ketones is 1. The number of amides is 3. The average molecular weight is 630 g/mol. The molecule has 5 rings (SSSR count). The lowest BCUT2D eigenvalue weighted by Crippen LogP contribution is -2.54. The Morgan fingerprint density at radius 1 is 0.956 bits per heavy atom. The van der Waals surface area contributed by atoms with E-state index < -0.39 is 24.0 Å². The molecule has 45 heavy (non-hydrogen) atoms. The molecule has 0 spiro atoms. The van der Waals surface area contributed by atoms with Crippen molar-refractivity contribution < 1.29 is 23.9 Å². The summed E-state index contributed by atoms with van der Waals surface area (Å²) in [5.41, 5.74) is 2.70. The number of methoxy groups -OCH3 is 1. The molecule has 1 aliphatic heterocycles. The number of halogens is 1. The van der Waals surface area contributed by atoms with Crippen molar-refractivity contribution in [3.63, 3.8) is 0 Å². The van der Waals surface area contributed by atoms with Crippen LogP contribution >= 0.6 is 12.4 Å². The van der Waals surface area contributed by atoms with Crippen LogP contribution in [0.2, 0.25) is 0 Å². The van der Waals surface area contributed by atoms with Crippen LogP contribution in [0.15, 0.2) is 84.9 Å². The maximum atomic E-state index is 14.8. The number of fused-ring (bicyclic) bond motifs is 2. The van der Waals surface area contributed by atoms with Gasteiger partial charge in [0.1, 0.15) is 17.8 Å². The summed E-state index contributed by atoms with van der Waals surface area (Å²) in [6, 6.07) is 22.9. The molecule has 0 saturated carbocycles. The molecule has 4 aromatic carbocycles. The summed E-state index contributed by atoms with van der Waals surface area (Å²) >= 11 is 0. The van der Waals surface area contributed by atoms with E-state index in [1.807, 2.05) is 53.4 Å². The van der Waals surface area contributed by atoms with Crippen LogP contribution in [0.3, 0.4) is 0 Å². The van der Waals surface area contributed by atoms with Crippen molar-refractivity contribution in [2.75, 3.05) is 36.2 Å². The predicted octanol–water partition coefficient (Wildman–Crippen LogP) is 4.70. The van der Waals surface area contributed by atoms with Crippen molar-refractivity contribution in [2.24, 2.45) is 0 Å². The Bertz CT molecular complexity index is 1730. The van der Waals surface area contributed by atoms with Crippen LogP contribution < -0.4 is 30.9 Å². The second-order valence-electron chi connectivity index (χ2n) is 10.7. The van der Waals surface area contributed by atoms with E-state index in [-0.39, 0.29) is 36.5 Å². The Morgan fingerprint density at radius 2 is 1.64 bits per heavy atom. The Kier molecular flexibility index (Phi) is 10.4. The van der Waals surface area contributed by atoms with Crippen molar-refractivity contribution in [2.45, 2.75) is 32.0 Å². The van der Waals surface area contributed by atoms with Gasteiger partial charge in [-0.1, -0.05) is 42.5 Å². The van der Waals surface area contributed by atoms with Gasteiger partial charge in [-0.25, -0.2) is 0 Å². The van der Waals surface area contributed by atoms with Crippen molar-refractivity contribution >= 4 is 63.7 Å². The number of benzene rings is 4. The summed E-state index contributed by atoms with van der Waals surface area (Å²) in [6.45, 7) is 3.12. The molecular weight excluding hydrogens is 594 g/mol. The van der Waals surface area contributed by atoms with E-state index in [1.165, 1.54) is 6.92 Å². The largest absolute Gasteiger partial charge is 0.496 e. The molecule has 0 aliphatic carbocycles. The van der Waals surface area contributed by atoms with Crippen LogP contribution in [-0.2, 0) is 14.4 Å². The fourth-order valence-corrected chi connectivity index (χ4v) is 5.45. The topological polar surface area (TPSA) is 129 Å².